The highest BCUT2D eigenvalue weighted by molar-refractivity contribution is 5.97. The van der Waals surface area contributed by atoms with Gasteiger partial charge in [-0.15, -0.1) is 0 Å². The minimum absolute atomic E-state index is 0.00401. The van der Waals surface area contributed by atoms with Gasteiger partial charge in [0.05, 0.1) is 5.56 Å². The van der Waals surface area contributed by atoms with Gasteiger partial charge in [-0.2, -0.15) is 4.98 Å². The fourth-order valence-corrected chi connectivity index (χ4v) is 3.86. The van der Waals surface area contributed by atoms with E-state index in [1.165, 1.54) is 5.56 Å². The van der Waals surface area contributed by atoms with E-state index in [1.807, 2.05) is 54.3 Å². The molecule has 1 saturated heterocycles. The van der Waals surface area contributed by atoms with Crippen LogP contribution < -0.4 is 4.74 Å². The van der Waals surface area contributed by atoms with Crippen molar-refractivity contribution in [3.05, 3.63) is 65.5 Å². The van der Waals surface area contributed by atoms with Crippen LogP contribution in [0.1, 0.15) is 35.7 Å². The van der Waals surface area contributed by atoms with Crippen LogP contribution in [0.3, 0.4) is 0 Å². The van der Waals surface area contributed by atoms with E-state index in [9.17, 15) is 4.79 Å². The monoisotopic (exact) mass is 434 g/mol. The number of carbonyl (C=O) groups excluding carboxylic acids is 1. The Morgan fingerprint density at radius 3 is 2.50 bits per heavy atom. The van der Waals surface area contributed by atoms with E-state index in [0.29, 0.717) is 28.9 Å². The maximum absolute atomic E-state index is 13.2. The summed E-state index contributed by atoms with van der Waals surface area (Å²) >= 11 is 0. The minimum atomic E-state index is -0.00401. The molecule has 1 amide bonds. The van der Waals surface area contributed by atoms with E-state index in [1.54, 1.807) is 6.07 Å². The molecule has 1 fully saturated rings. The molecule has 7 heteroatoms. The lowest BCUT2D eigenvalue weighted by molar-refractivity contribution is 0.0618. The number of nitrogens with zero attached hydrogens (tertiary/aromatic N) is 4. The van der Waals surface area contributed by atoms with Crippen LogP contribution in [0, 0.1) is 12.8 Å². The molecule has 4 rings (SSSR count). The van der Waals surface area contributed by atoms with Gasteiger partial charge < -0.3 is 14.2 Å². The zero-order valence-electron chi connectivity index (χ0n) is 19.0. The van der Waals surface area contributed by atoms with Crippen molar-refractivity contribution in [2.75, 3.05) is 32.7 Å². The van der Waals surface area contributed by atoms with E-state index in [-0.39, 0.29) is 12.5 Å². The van der Waals surface area contributed by atoms with Crippen LogP contribution in [0.4, 0.5) is 0 Å². The van der Waals surface area contributed by atoms with Gasteiger partial charge in [0.2, 0.25) is 5.82 Å². The minimum Gasteiger partial charge on any atom is -0.483 e. The Labute approximate surface area is 189 Å². The highest BCUT2D eigenvalue weighted by Crippen LogP contribution is 2.23. The smallest absolute Gasteiger partial charge is 0.264 e. The van der Waals surface area contributed by atoms with Crippen LogP contribution in [-0.2, 0) is 6.61 Å². The van der Waals surface area contributed by atoms with Crippen LogP contribution in [0.25, 0.3) is 11.4 Å². The van der Waals surface area contributed by atoms with Crippen molar-refractivity contribution < 1.29 is 14.1 Å². The number of ether oxygens (including phenoxy) is 1. The number of amides is 1. The Kier molecular flexibility index (Phi) is 6.85. The van der Waals surface area contributed by atoms with E-state index >= 15 is 0 Å². The molecular formula is C25H30N4O3. The van der Waals surface area contributed by atoms with Gasteiger partial charge in [0.25, 0.3) is 11.8 Å². The van der Waals surface area contributed by atoms with Crippen molar-refractivity contribution in [2.45, 2.75) is 27.4 Å². The lowest BCUT2D eigenvalue weighted by Crippen LogP contribution is -2.49. The molecule has 7 nitrogen and oxygen atoms in total. The maximum Gasteiger partial charge on any atom is 0.264 e. The molecule has 0 bridgehead atoms. The number of aryl methyl sites for hydroxylation is 1. The Balaban J connectivity index is 1.39. The molecule has 168 valence electrons. The van der Waals surface area contributed by atoms with E-state index in [0.717, 1.165) is 38.3 Å². The molecule has 32 heavy (non-hydrogen) atoms. The molecule has 3 aromatic rings. The number of hydrogen-bond donors (Lipinski definition) is 0. The molecule has 1 aromatic heterocycles. The Hall–Kier alpha value is -3.19. The van der Waals surface area contributed by atoms with Gasteiger partial charge in [-0.1, -0.05) is 61.0 Å². The topological polar surface area (TPSA) is 71.7 Å². The summed E-state index contributed by atoms with van der Waals surface area (Å²) in [7, 11) is 0. The Morgan fingerprint density at radius 1 is 1.06 bits per heavy atom. The third-order valence-electron chi connectivity index (χ3n) is 5.53. The summed E-state index contributed by atoms with van der Waals surface area (Å²) in [5.41, 5.74) is 2.62. The highest BCUT2D eigenvalue weighted by Gasteiger charge is 2.24. The standard InChI is InChI=1S/C25H30N4O3/c1-18(2)16-28-12-14-29(15-13-28)25(30)21-6-4-5-7-22(21)31-17-23-26-24(27-32-23)20-10-8-19(3)9-11-20/h4-11,18H,12-17H2,1-3H3. The largest absolute Gasteiger partial charge is 0.483 e. The zero-order chi connectivity index (χ0) is 22.5. The predicted molar refractivity (Wildman–Crippen MR) is 122 cm³/mol. The van der Waals surface area contributed by atoms with Crippen LogP contribution >= 0.6 is 0 Å². The van der Waals surface area contributed by atoms with Gasteiger partial charge in [-0.05, 0) is 25.0 Å². The molecule has 0 spiro atoms. The quantitative estimate of drug-likeness (QED) is 0.559. The number of carbonyl (C=O) groups is 1. The van der Waals surface area contributed by atoms with Crippen molar-refractivity contribution in [2.24, 2.45) is 5.92 Å². The summed E-state index contributed by atoms with van der Waals surface area (Å²) in [5, 5.41) is 4.04. The summed E-state index contributed by atoms with van der Waals surface area (Å²) in [5.74, 6) is 2.04. The second kappa shape index (κ2) is 9.96. The van der Waals surface area contributed by atoms with Gasteiger partial charge in [-0.3, -0.25) is 9.69 Å². The van der Waals surface area contributed by atoms with E-state index in [2.05, 4.69) is 28.9 Å². The van der Waals surface area contributed by atoms with Crippen molar-refractivity contribution in [1.29, 1.82) is 0 Å². The molecule has 0 atom stereocenters. The number of aromatic nitrogens is 2. The van der Waals surface area contributed by atoms with Gasteiger partial charge in [0.1, 0.15) is 5.75 Å². The van der Waals surface area contributed by atoms with Gasteiger partial charge in [-0.25, -0.2) is 0 Å². The van der Waals surface area contributed by atoms with Crippen LogP contribution in [0.5, 0.6) is 5.75 Å². The fraction of sp³-hybridized carbons (Fsp3) is 0.400. The van der Waals surface area contributed by atoms with Crippen molar-refractivity contribution in [3.63, 3.8) is 0 Å². The molecule has 2 heterocycles. The fourth-order valence-electron chi connectivity index (χ4n) is 3.86. The molecule has 0 unspecified atom stereocenters. The predicted octanol–water partition coefficient (Wildman–Crippen LogP) is 4.04. The van der Waals surface area contributed by atoms with Crippen LogP contribution in [0.2, 0.25) is 0 Å². The third-order valence-corrected chi connectivity index (χ3v) is 5.53. The second-order valence-electron chi connectivity index (χ2n) is 8.65. The van der Waals surface area contributed by atoms with Crippen LogP contribution in [0.15, 0.2) is 53.1 Å². The zero-order valence-corrected chi connectivity index (χ0v) is 19.0. The first-order valence-electron chi connectivity index (χ1n) is 11.1. The lowest BCUT2D eigenvalue weighted by atomic mass is 10.1. The summed E-state index contributed by atoms with van der Waals surface area (Å²) in [6, 6.07) is 15.3. The summed E-state index contributed by atoms with van der Waals surface area (Å²) in [4.78, 5) is 21.9. The maximum atomic E-state index is 13.2. The molecule has 1 aliphatic rings. The number of benzene rings is 2. The molecule has 0 aliphatic carbocycles. The number of rotatable bonds is 7. The van der Waals surface area contributed by atoms with Crippen LogP contribution in [-0.4, -0.2) is 58.6 Å². The molecule has 2 aromatic carbocycles. The first-order chi connectivity index (χ1) is 15.5. The normalized spacial score (nSPS) is 14.7. The third kappa shape index (κ3) is 5.34. The lowest BCUT2D eigenvalue weighted by Gasteiger charge is -2.35. The molecule has 0 saturated carbocycles. The first-order valence-corrected chi connectivity index (χ1v) is 11.1. The SMILES string of the molecule is Cc1ccc(-c2noc(COc3ccccc3C(=O)N3CCN(CC(C)C)CC3)n2)cc1. The number of piperazine rings is 1. The average Bonchev–Trinajstić information content (AvgIpc) is 3.27. The number of para-hydroxylation sites is 1. The number of hydrogen-bond acceptors (Lipinski definition) is 6. The van der Waals surface area contributed by atoms with Gasteiger partial charge in [0.15, 0.2) is 6.61 Å². The summed E-state index contributed by atoms with van der Waals surface area (Å²) < 4.78 is 11.3. The van der Waals surface area contributed by atoms with E-state index < -0.39 is 0 Å². The molecular weight excluding hydrogens is 404 g/mol. The summed E-state index contributed by atoms with van der Waals surface area (Å²) in [6.07, 6.45) is 0. The first kappa shape index (κ1) is 22.0. The second-order valence-corrected chi connectivity index (χ2v) is 8.65. The molecule has 1 aliphatic heterocycles. The average molecular weight is 435 g/mol. The molecule has 0 N–H and O–H groups in total. The van der Waals surface area contributed by atoms with Crippen molar-refractivity contribution >= 4 is 5.91 Å². The Bertz CT molecular complexity index is 1040. The Morgan fingerprint density at radius 2 is 1.78 bits per heavy atom. The van der Waals surface area contributed by atoms with E-state index in [4.69, 9.17) is 9.26 Å². The van der Waals surface area contributed by atoms with Crippen molar-refractivity contribution in [3.8, 4) is 17.1 Å². The molecule has 0 radical (unpaired) electrons. The highest BCUT2D eigenvalue weighted by atomic mass is 16.5. The van der Waals surface area contributed by atoms with Crippen molar-refractivity contribution in [1.82, 2.24) is 19.9 Å². The summed E-state index contributed by atoms with van der Waals surface area (Å²) in [6.45, 7) is 10.9. The van der Waals surface area contributed by atoms with Gasteiger partial charge in [0, 0.05) is 38.3 Å². The van der Waals surface area contributed by atoms with Gasteiger partial charge >= 0.3 is 0 Å².